The SMILES string of the molecule is CC(C)CCC(C)(O)CNCc1ccc(N2CCOCC2)c(F)c1. The minimum atomic E-state index is -0.726. The van der Waals surface area contributed by atoms with Crippen LogP contribution in [0.1, 0.15) is 39.2 Å². The lowest BCUT2D eigenvalue weighted by atomic mass is 9.95. The van der Waals surface area contributed by atoms with Gasteiger partial charge < -0.3 is 20.1 Å². The van der Waals surface area contributed by atoms with E-state index < -0.39 is 5.60 Å². The molecule has 1 atom stereocenters. The summed E-state index contributed by atoms with van der Waals surface area (Å²) >= 11 is 0. The fraction of sp³-hybridized carbons (Fsp3) is 0.684. The Labute approximate surface area is 145 Å². The molecular formula is C19H31FN2O2. The van der Waals surface area contributed by atoms with Gasteiger partial charge in [0.1, 0.15) is 5.82 Å². The Hall–Kier alpha value is -1.17. The van der Waals surface area contributed by atoms with Gasteiger partial charge in [0.25, 0.3) is 0 Å². The lowest BCUT2D eigenvalue weighted by molar-refractivity contribution is 0.0451. The van der Waals surface area contributed by atoms with E-state index in [0.29, 0.717) is 37.9 Å². The molecule has 0 radical (unpaired) electrons. The first-order chi connectivity index (χ1) is 11.4. The number of nitrogens with one attached hydrogen (secondary N) is 1. The van der Waals surface area contributed by atoms with Crippen LogP contribution in [0.15, 0.2) is 18.2 Å². The number of hydrogen-bond acceptors (Lipinski definition) is 4. The second-order valence-electron chi connectivity index (χ2n) is 7.42. The molecule has 0 saturated carbocycles. The molecule has 1 aliphatic heterocycles. The van der Waals surface area contributed by atoms with Crippen LogP contribution < -0.4 is 10.2 Å². The Morgan fingerprint density at radius 2 is 2.04 bits per heavy atom. The molecule has 0 amide bonds. The van der Waals surface area contributed by atoms with Crippen LogP contribution in [0.25, 0.3) is 0 Å². The molecule has 1 fully saturated rings. The van der Waals surface area contributed by atoms with E-state index in [0.717, 1.165) is 31.5 Å². The highest BCUT2D eigenvalue weighted by Gasteiger charge is 2.20. The first kappa shape index (κ1) is 19.2. The molecule has 2 rings (SSSR count). The standard InChI is InChI=1S/C19H31FN2O2/c1-15(2)6-7-19(3,23)14-21-13-16-4-5-18(17(20)12-16)22-8-10-24-11-9-22/h4-5,12,15,21,23H,6-11,13-14H2,1-3H3. The number of morpholine rings is 1. The Bertz CT molecular complexity index is 514. The summed E-state index contributed by atoms with van der Waals surface area (Å²) in [5, 5.41) is 13.6. The fourth-order valence-electron chi connectivity index (χ4n) is 2.89. The van der Waals surface area contributed by atoms with Crippen molar-refractivity contribution in [3.63, 3.8) is 0 Å². The van der Waals surface area contributed by atoms with Gasteiger partial charge in [-0.25, -0.2) is 4.39 Å². The van der Waals surface area contributed by atoms with Crippen molar-refractivity contribution >= 4 is 5.69 Å². The summed E-state index contributed by atoms with van der Waals surface area (Å²) in [6.45, 7) is 9.97. The molecule has 1 aromatic carbocycles. The maximum absolute atomic E-state index is 14.3. The number of aliphatic hydroxyl groups is 1. The monoisotopic (exact) mass is 338 g/mol. The fourth-order valence-corrected chi connectivity index (χ4v) is 2.89. The third-order valence-corrected chi connectivity index (χ3v) is 4.46. The highest BCUT2D eigenvalue weighted by atomic mass is 19.1. The van der Waals surface area contributed by atoms with E-state index in [1.807, 2.05) is 24.0 Å². The Balaban J connectivity index is 1.84. The molecule has 1 aromatic rings. The summed E-state index contributed by atoms with van der Waals surface area (Å²) in [4.78, 5) is 2.02. The number of hydrogen-bond donors (Lipinski definition) is 2. The Morgan fingerprint density at radius 3 is 2.67 bits per heavy atom. The molecule has 1 aliphatic rings. The molecule has 0 spiro atoms. The van der Waals surface area contributed by atoms with Gasteiger partial charge in [0.05, 0.1) is 24.5 Å². The number of rotatable bonds is 8. The van der Waals surface area contributed by atoms with E-state index in [-0.39, 0.29) is 5.82 Å². The van der Waals surface area contributed by atoms with E-state index in [1.165, 1.54) is 0 Å². The number of benzene rings is 1. The minimum Gasteiger partial charge on any atom is -0.389 e. The van der Waals surface area contributed by atoms with Crippen LogP contribution in [-0.2, 0) is 11.3 Å². The lowest BCUT2D eigenvalue weighted by Gasteiger charge is -2.29. The van der Waals surface area contributed by atoms with E-state index in [9.17, 15) is 9.50 Å². The zero-order valence-electron chi connectivity index (χ0n) is 15.1. The Kier molecular flexibility index (Phi) is 7.02. The zero-order valence-corrected chi connectivity index (χ0v) is 15.1. The van der Waals surface area contributed by atoms with Gasteiger partial charge in [0, 0.05) is 26.2 Å². The van der Waals surface area contributed by atoms with Crippen molar-refractivity contribution < 1.29 is 14.2 Å². The van der Waals surface area contributed by atoms with Crippen molar-refractivity contribution in [3.05, 3.63) is 29.6 Å². The second-order valence-corrected chi connectivity index (χ2v) is 7.42. The van der Waals surface area contributed by atoms with Crippen molar-refractivity contribution in [1.29, 1.82) is 0 Å². The molecule has 1 heterocycles. The van der Waals surface area contributed by atoms with Gasteiger partial charge in [-0.1, -0.05) is 19.9 Å². The van der Waals surface area contributed by atoms with Crippen LogP contribution >= 0.6 is 0 Å². The van der Waals surface area contributed by atoms with Gasteiger partial charge in [-0.3, -0.25) is 0 Å². The predicted molar refractivity (Wildman–Crippen MR) is 95.8 cm³/mol. The largest absolute Gasteiger partial charge is 0.389 e. The van der Waals surface area contributed by atoms with Crippen molar-refractivity contribution in [2.45, 2.75) is 45.8 Å². The number of anilines is 1. The van der Waals surface area contributed by atoms with E-state index in [1.54, 1.807) is 6.07 Å². The first-order valence-electron chi connectivity index (χ1n) is 8.91. The molecule has 5 heteroatoms. The third kappa shape index (κ3) is 6.04. The quantitative estimate of drug-likeness (QED) is 0.765. The predicted octanol–water partition coefficient (Wildman–Crippen LogP) is 2.94. The molecule has 136 valence electrons. The molecule has 2 N–H and O–H groups in total. The van der Waals surface area contributed by atoms with Gasteiger partial charge in [-0.05, 0) is 43.4 Å². The van der Waals surface area contributed by atoms with Crippen LogP contribution in [0.4, 0.5) is 10.1 Å². The van der Waals surface area contributed by atoms with Crippen LogP contribution in [0.2, 0.25) is 0 Å². The van der Waals surface area contributed by atoms with E-state index >= 15 is 0 Å². The summed E-state index contributed by atoms with van der Waals surface area (Å²) in [5.74, 6) is 0.390. The molecule has 0 bridgehead atoms. The zero-order chi connectivity index (χ0) is 17.6. The highest BCUT2D eigenvalue weighted by molar-refractivity contribution is 5.49. The minimum absolute atomic E-state index is 0.192. The summed E-state index contributed by atoms with van der Waals surface area (Å²) in [7, 11) is 0. The average Bonchev–Trinajstić information content (AvgIpc) is 2.54. The van der Waals surface area contributed by atoms with Gasteiger partial charge in [-0.2, -0.15) is 0 Å². The van der Waals surface area contributed by atoms with E-state index in [2.05, 4.69) is 19.2 Å². The summed E-state index contributed by atoms with van der Waals surface area (Å²) < 4.78 is 19.7. The van der Waals surface area contributed by atoms with Crippen LogP contribution in [0, 0.1) is 11.7 Å². The smallest absolute Gasteiger partial charge is 0.146 e. The van der Waals surface area contributed by atoms with Crippen molar-refractivity contribution in [2.24, 2.45) is 5.92 Å². The summed E-state index contributed by atoms with van der Waals surface area (Å²) in [5.41, 5.74) is 0.812. The lowest BCUT2D eigenvalue weighted by Crippen LogP contribution is -2.38. The Morgan fingerprint density at radius 1 is 1.33 bits per heavy atom. The summed E-state index contributed by atoms with van der Waals surface area (Å²) in [6.07, 6.45) is 1.76. The normalized spacial score (nSPS) is 18.0. The molecule has 4 nitrogen and oxygen atoms in total. The molecule has 0 aromatic heterocycles. The second kappa shape index (κ2) is 8.79. The number of halogens is 1. The number of nitrogens with zero attached hydrogens (tertiary/aromatic N) is 1. The molecule has 24 heavy (non-hydrogen) atoms. The molecule has 0 aliphatic carbocycles. The van der Waals surface area contributed by atoms with Crippen molar-refractivity contribution in [3.8, 4) is 0 Å². The summed E-state index contributed by atoms with van der Waals surface area (Å²) in [6, 6.07) is 5.37. The van der Waals surface area contributed by atoms with Crippen LogP contribution in [-0.4, -0.2) is 43.6 Å². The van der Waals surface area contributed by atoms with Gasteiger partial charge >= 0.3 is 0 Å². The van der Waals surface area contributed by atoms with Gasteiger partial charge in [0.2, 0.25) is 0 Å². The van der Waals surface area contributed by atoms with Crippen LogP contribution in [0.5, 0.6) is 0 Å². The average molecular weight is 338 g/mol. The maximum Gasteiger partial charge on any atom is 0.146 e. The third-order valence-electron chi connectivity index (χ3n) is 4.46. The van der Waals surface area contributed by atoms with Crippen molar-refractivity contribution in [2.75, 3.05) is 37.7 Å². The first-order valence-corrected chi connectivity index (χ1v) is 8.91. The van der Waals surface area contributed by atoms with Crippen LogP contribution in [0.3, 0.4) is 0 Å². The highest BCUT2D eigenvalue weighted by Crippen LogP contribution is 2.22. The maximum atomic E-state index is 14.3. The molecule has 1 unspecified atom stereocenters. The number of ether oxygens (including phenoxy) is 1. The van der Waals surface area contributed by atoms with E-state index in [4.69, 9.17) is 4.74 Å². The van der Waals surface area contributed by atoms with Gasteiger partial charge in [0.15, 0.2) is 0 Å². The van der Waals surface area contributed by atoms with Gasteiger partial charge in [-0.15, -0.1) is 0 Å². The molecular weight excluding hydrogens is 307 g/mol. The topological polar surface area (TPSA) is 44.7 Å². The van der Waals surface area contributed by atoms with Crippen molar-refractivity contribution in [1.82, 2.24) is 5.32 Å². The molecule has 1 saturated heterocycles.